The molecule has 4 nitrogen and oxygen atoms in total. The predicted octanol–water partition coefficient (Wildman–Crippen LogP) is 4.94. The number of benzene rings is 1. The van der Waals surface area contributed by atoms with Gasteiger partial charge in [0.25, 0.3) is 0 Å². The first-order valence-corrected chi connectivity index (χ1v) is 11.7. The molecular weight excluding hydrogens is 378 g/mol. The van der Waals surface area contributed by atoms with Crippen molar-refractivity contribution in [1.29, 1.82) is 0 Å². The lowest BCUT2D eigenvalue weighted by Gasteiger charge is -2.14. The molecular formula is C18H19ClF2N2O2Si. The van der Waals surface area contributed by atoms with E-state index in [1.165, 1.54) is 19.2 Å². The highest BCUT2D eigenvalue weighted by atomic mass is 35.5. The minimum absolute atomic E-state index is 0.106. The zero-order chi connectivity index (χ0) is 19.6. The molecule has 0 saturated carbocycles. The Bertz CT molecular complexity index is 896. The van der Waals surface area contributed by atoms with Gasteiger partial charge < -0.3 is 10.5 Å². The summed E-state index contributed by atoms with van der Waals surface area (Å²) < 4.78 is 33.3. The smallest absolute Gasteiger partial charge is 0.357 e. The number of nitrogens with zero attached hydrogens (tertiary/aromatic N) is 1. The number of nitrogen functional groups attached to an aromatic ring is 1. The standard InChI is InChI=1S/C18H19ClF2N2O2Si/c1-25-18(24)17-11(7-8-26(2,3)4)15(22)14(21)16(23-17)10-5-6-12(19)13(20)9-10/h5-9H,1-4H3,(H2,22,23). The van der Waals surface area contributed by atoms with Gasteiger partial charge in [0.2, 0.25) is 0 Å². The molecule has 2 rings (SSSR count). The van der Waals surface area contributed by atoms with Gasteiger partial charge in [0.15, 0.2) is 11.5 Å². The summed E-state index contributed by atoms with van der Waals surface area (Å²) in [5.74, 6) is -2.33. The number of hydrogen-bond acceptors (Lipinski definition) is 4. The Morgan fingerprint density at radius 3 is 2.50 bits per heavy atom. The maximum Gasteiger partial charge on any atom is 0.357 e. The van der Waals surface area contributed by atoms with Gasteiger partial charge in [-0.15, -0.1) is 0 Å². The third kappa shape index (κ3) is 4.28. The molecule has 0 bridgehead atoms. The van der Waals surface area contributed by atoms with Gasteiger partial charge in [0.05, 0.1) is 25.9 Å². The fourth-order valence-corrected chi connectivity index (χ4v) is 2.97. The number of hydrogen-bond donors (Lipinski definition) is 1. The number of carbonyl (C=O) groups is 1. The monoisotopic (exact) mass is 396 g/mol. The first-order chi connectivity index (χ1) is 12.0. The summed E-state index contributed by atoms with van der Waals surface area (Å²) in [7, 11) is -0.451. The number of carbonyl (C=O) groups excluding carboxylic acids is 1. The highest BCUT2D eigenvalue weighted by molar-refractivity contribution is 6.81. The molecule has 0 aliphatic heterocycles. The van der Waals surface area contributed by atoms with Crippen molar-refractivity contribution < 1.29 is 18.3 Å². The van der Waals surface area contributed by atoms with Crippen LogP contribution >= 0.6 is 11.6 Å². The average molecular weight is 397 g/mol. The number of ether oxygens (including phenoxy) is 1. The number of nitrogens with two attached hydrogens (primary N) is 1. The summed E-state index contributed by atoms with van der Waals surface area (Å²) in [6.45, 7) is 6.23. The Hall–Kier alpha value is -2.25. The number of aromatic nitrogens is 1. The van der Waals surface area contributed by atoms with Crippen molar-refractivity contribution in [3.05, 3.63) is 51.8 Å². The van der Waals surface area contributed by atoms with Crippen LogP contribution in [0.4, 0.5) is 14.5 Å². The highest BCUT2D eigenvalue weighted by Gasteiger charge is 2.23. The van der Waals surface area contributed by atoms with Crippen molar-refractivity contribution in [2.45, 2.75) is 19.6 Å². The lowest BCUT2D eigenvalue weighted by atomic mass is 10.0. The van der Waals surface area contributed by atoms with Gasteiger partial charge in [-0.2, -0.15) is 0 Å². The molecule has 8 heteroatoms. The van der Waals surface area contributed by atoms with Gasteiger partial charge in [-0.05, 0) is 12.1 Å². The number of anilines is 1. The van der Waals surface area contributed by atoms with Crippen LogP contribution in [0.1, 0.15) is 16.1 Å². The first-order valence-electron chi connectivity index (χ1n) is 7.77. The van der Waals surface area contributed by atoms with E-state index in [1.807, 2.05) is 5.70 Å². The van der Waals surface area contributed by atoms with Gasteiger partial charge in [0.1, 0.15) is 11.5 Å². The number of halogens is 3. The molecule has 2 aromatic rings. The van der Waals surface area contributed by atoms with Crippen LogP contribution in [0, 0.1) is 11.6 Å². The largest absolute Gasteiger partial charge is 0.464 e. The second-order valence-electron chi connectivity index (χ2n) is 6.77. The Kier molecular flexibility index (Phi) is 5.83. The Labute approximate surface area is 156 Å². The van der Waals surface area contributed by atoms with Crippen LogP contribution in [0.25, 0.3) is 17.3 Å². The second kappa shape index (κ2) is 7.55. The Balaban J connectivity index is 2.73. The fourth-order valence-electron chi connectivity index (χ4n) is 2.18. The molecule has 0 amide bonds. The lowest BCUT2D eigenvalue weighted by molar-refractivity contribution is 0.0594. The topological polar surface area (TPSA) is 65.2 Å². The van der Waals surface area contributed by atoms with E-state index in [9.17, 15) is 13.6 Å². The number of methoxy groups -OCH3 is 1. The van der Waals surface area contributed by atoms with E-state index >= 15 is 0 Å². The van der Waals surface area contributed by atoms with Crippen LogP contribution in [-0.2, 0) is 4.74 Å². The summed E-state index contributed by atoms with van der Waals surface area (Å²) in [5.41, 5.74) is 7.48. The zero-order valence-electron chi connectivity index (χ0n) is 14.9. The Morgan fingerprint density at radius 1 is 1.31 bits per heavy atom. The van der Waals surface area contributed by atoms with Crippen molar-refractivity contribution in [3.63, 3.8) is 0 Å². The van der Waals surface area contributed by atoms with Crippen molar-refractivity contribution in [2.24, 2.45) is 0 Å². The molecule has 0 unspecified atom stereocenters. The van der Waals surface area contributed by atoms with E-state index < -0.39 is 25.7 Å². The van der Waals surface area contributed by atoms with Crippen LogP contribution in [0.3, 0.4) is 0 Å². The lowest BCUT2D eigenvalue weighted by Crippen LogP contribution is -2.16. The SMILES string of the molecule is COC(=O)c1nc(-c2ccc(Cl)c(F)c2)c(F)c(N)c1C=C[Si](C)(C)C. The molecule has 0 aliphatic rings. The third-order valence-electron chi connectivity index (χ3n) is 3.54. The van der Waals surface area contributed by atoms with Crippen molar-refractivity contribution in [1.82, 2.24) is 4.98 Å². The maximum atomic E-state index is 14.8. The second-order valence-corrected chi connectivity index (χ2v) is 12.2. The quantitative estimate of drug-likeness (QED) is 0.587. The molecule has 1 aromatic heterocycles. The van der Waals surface area contributed by atoms with Crippen LogP contribution in [0.5, 0.6) is 0 Å². The summed E-state index contributed by atoms with van der Waals surface area (Å²) in [5, 5.41) is -0.106. The van der Waals surface area contributed by atoms with E-state index in [0.29, 0.717) is 0 Å². The zero-order valence-corrected chi connectivity index (χ0v) is 16.6. The predicted molar refractivity (Wildman–Crippen MR) is 103 cm³/mol. The first kappa shape index (κ1) is 20.1. The van der Waals surface area contributed by atoms with E-state index in [0.717, 1.165) is 6.07 Å². The van der Waals surface area contributed by atoms with E-state index in [2.05, 4.69) is 24.6 Å². The van der Waals surface area contributed by atoms with Crippen LogP contribution in [0.2, 0.25) is 24.7 Å². The molecule has 26 heavy (non-hydrogen) atoms. The van der Waals surface area contributed by atoms with Gasteiger partial charge in [0, 0.05) is 11.1 Å². The molecule has 0 aliphatic carbocycles. The Morgan fingerprint density at radius 2 is 1.96 bits per heavy atom. The average Bonchev–Trinajstić information content (AvgIpc) is 2.57. The summed E-state index contributed by atoms with van der Waals surface area (Å²) in [6, 6.07) is 3.71. The maximum absolute atomic E-state index is 14.8. The number of pyridine rings is 1. The number of esters is 1. The van der Waals surface area contributed by atoms with Gasteiger partial charge >= 0.3 is 5.97 Å². The van der Waals surface area contributed by atoms with Crippen molar-refractivity contribution in [3.8, 4) is 11.3 Å². The summed E-state index contributed by atoms with van der Waals surface area (Å²) >= 11 is 5.66. The van der Waals surface area contributed by atoms with Crippen LogP contribution in [-0.4, -0.2) is 26.1 Å². The molecule has 0 saturated heterocycles. The minimum Gasteiger partial charge on any atom is -0.464 e. The highest BCUT2D eigenvalue weighted by Crippen LogP contribution is 2.32. The van der Waals surface area contributed by atoms with E-state index in [-0.39, 0.29) is 33.2 Å². The minimum atomic E-state index is -1.64. The molecule has 1 aromatic carbocycles. The summed E-state index contributed by atoms with van der Waals surface area (Å²) in [6.07, 6.45) is 1.59. The van der Waals surface area contributed by atoms with Gasteiger partial charge in [-0.3, -0.25) is 0 Å². The molecule has 0 fully saturated rings. The normalized spacial score (nSPS) is 11.8. The molecule has 1 heterocycles. The van der Waals surface area contributed by atoms with Crippen LogP contribution < -0.4 is 5.73 Å². The molecule has 2 N–H and O–H groups in total. The fraction of sp³-hybridized carbons (Fsp3) is 0.222. The molecule has 138 valence electrons. The summed E-state index contributed by atoms with van der Waals surface area (Å²) in [4.78, 5) is 16.2. The van der Waals surface area contributed by atoms with Crippen molar-refractivity contribution >= 4 is 37.4 Å². The van der Waals surface area contributed by atoms with E-state index in [4.69, 9.17) is 22.1 Å². The molecule has 0 spiro atoms. The van der Waals surface area contributed by atoms with Crippen molar-refractivity contribution in [2.75, 3.05) is 12.8 Å². The van der Waals surface area contributed by atoms with Gasteiger partial charge in [-0.25, -0.2) is 18.6 Å². The molecule has 0 radical (unpaired) electrons. The third-order valence-corrected chi connectivity index (χ3v) is 5.01. The number of rotatable bonds is 4. The molecule has 0 atom stereocenters. The van der Waals surface area contributed by atoms with E-state index in [1.54, 1.807) is 6.08 Å². The van der Waals surface area contributed by atoms with Crippen LogP contribution in [0.15, 0.2) is 23.9 Å². The van der Waals surface area contributed by atoms with Gasteiger partial charge in [-0.1, -0.05) is 49.1 Å².